The van der Waals surface area contributed by atoms with Crippen molar-refractivity contribution in [2.75, 3.05) is 19.8 Å². The lowest BCUT2D eigenvalue weighted by Crippen LogP contribution is -2.07. The van der Waals surface area contributed by atoms with Crippen LogP contribution in [0.25, 0.3) is 0 Å². The van der Waals surface area contributed by atoms with Gasteiger partial charge in [-0.05, 0) is 30.7 Å². The Kier molecular flexibility index (Phi) is 1.24. The highest BCUT2D eigenvalue weighted by Crippen LogP contribution is 2.49. The maximum atomic E-state index is 5.54. The first kappa shape index (κ1) is 5.69. The Balaban J connectivity index is 1.91. The third-order valence-corrected chi connectivity index (χ3v) is 2.69. The average molecular weight is 127 g/mol. The molecule has 0 unspecified atom stereocenters. The standard InChI is InChI=1S/C7H13NO/c8-3-6-5-1-2-9-4-7(5)6/h5-7H,1-4,8H2/t5-,6+,7-/m1/s1. The van der Waals surface area contributed by atoms with Crippen LogP contribution in [0.15, 0.2) is 0 Å². The van der Waals surface area contributed by atoms with Gasteiger partial charge in [0.1, 0.15) is 0 Å². The number of nitrogens with two attached hydrogens (primary N) is 1. The quantitative estimate of drug-likeness (QED) is 0.547. The van der Waals surface area contributed by atoms with E-state index in [1.54, 1.807) is 0 Å². The molecule has 0 aromatic carbocycles. The van der Waals surface area contributed by atoms with Crippen molar-refractivity contribution in [2.24, 2.45) is 23.5 Å². The molecule has 1 aliphatic carbocycles. The van der Waals surface area contributed by atoms with Crippen LogP contribution >= 0.6 is 0 Å². The fraction of sp³-hybridized carbons (Fsp3) is 1.00. The van der Waals surface area contributed by atoms with Gasteiger partial charge in [0.15, 0.2) is 0 Å². The Morgan fingerprint density at radius 3 is 2.89 bits per heavy atom. The Bertz CT molecular complexity index is 96.7. The van der Waals surface area contributed by atoms with Crippen LogP contribution in [0, 0.1) is 17.8 Å². The van der Waals surface area contributed by atoms with Gasteiger partial charge in [-0.25, -0.2) is 0 Å². The molecular formula is C7H13NO. The number of ether oxygens (including phenoxy) is 1. The molecule has 2 heteroatoms. The van der Waals surface area contributed by atoms with Crippen molar-refractivity contribution in [3.63, 3.8) is 0 Å². The van der Waals surface area contributed by atoms with Gasteiger partial charge in [-0.3, -0.25) is 0 Å². The first-order valence-electron chi connectivity index (χ1n) is 3.71. The van der Waals surface area contributed by atoms with Gasteiger partial charge < -0.3 is 10.5 Å². The summed E-state index contributed by atoms with van der Waals surface area (Å²) in [5, 5.41) is 0. The summed E-state index contributed by atoms with van der Waals surface area (Å²) in [6.45, 7) is 2.82. The highest BCUT2D eigenvalue weighted by atomic mass is 16.5. The second kappa shape index (κ2) is 1.96. The van der Waals surface area contributed by atoms with Crippen molar-refractivity contribution < 1.29 is 4.74 Å². The van der Waals surface area contributed by atoms with E-state index < -0.39 is 0 Å². The minimum Gasteiger partial charge on any atom is -0.381 e. The molecule has 1 saturated carbocycles. The molecule has 0 spiro atoms. The third kappa shape index (κ3) is 0.775. The van der Waals surface area contributed by atoms with E-state index in [0.29, 0.717) is 0 Å². The summed E-state index contributed by atoms with van der Waals surface area (Å²) < 4.78 is 5.30. The second-order valence-corrected chi connectivity index (χ2v) is 3.09. The molecule has 0 bridgehead atoms. The molecule has 0 aromatic rings. The molecule has 0 radical (unpaired) electrons. The predicted molar refractivity (Wildman–Crippen MR) is 35.0 cm³/mol. The SMILES string of the molecule is NC[C@H]1[C@H]2CCOC[C@@H]12. The van der Waals surface area contributed by atoms with Gasteiger partial charge in [0.25, 0.3) is 0 Å². The Morgan fingerprint density at radius 1 is 1.44 bits per heavy atom. The molecule has 1 aliphatic heterocycles. The smallest absolute Gasteiger partial charge is 0.0500 e. The first-order valence-corrected chi connectivity index (χ1v) is 3.71. The number of hydrogen-bond donors (Lipinski definition) is 1. The molecule has 9 heavy (non-hydrogen) atoms. The van der Waals surface area contributed by atoms with Crippen LogP contribution in [0.2, 0.25) is 0 Å². The second-order valence-electron chi connectivity index (χ2n) is 3.09. The van der Waals surface area contributed by atoms with Crippen molar-refractivity contribution in [1.29, 1.82) is 0 Å². The molecule has 1 heterocycles. The summed E-state index contributed by atoms with van der Waals surface area (Å²) in [7, 11) is 0. The van der Waals surface area contributed by atoms with Crippen LogP contribution in [-0.2, 0) is 4.74 Å². The van der Waals surface area contributed by atoms with Gasteiger partial charge in [0, 0.05) is 13.2 Å². The zero-order valence-corrected chi connectivity index (χ0v) is 5.55. The molecule has 1 saturated heterocycles. The summed E-state index contributed by atoms with van der Waals surface area (Å²) >= 11 is 0. The molecule has 2 fully saturated rings. The topological polar surface area (TPSA) is 35.2 Å². The molecule has 0 aromatic heterocycles. The number of fused-ring (bicyclic) bond motifs is 1. The van der Waals surface area contributed by atoms with Crippen LogP contribution in [0.5, 0.6) is 0 Å². The highest BCUT2D eigenvalue weighted by molar-refractivity contribution is 4.98. The maximum Gasteiger partial charge on any atom is 0.0500 e. The Labute approximate surface area is 55.4 Å². The molecule has 2 aliphatic rings. The lowest BCUT2D eigenvalue weighted by Gasteiger charge is -2.07. The summed E-state index contributed by atoms with van der Waals surface area (Å²) in [6.07, 6.45) is 1.26. The Morgan fingerprint density at radius 2 is 2.33 bits per heavy atom. The van der Waals surface area contributed by atoms with Crippen LogP contribution < -0.4 is 5.73 Å². The van der Waals surface area contributed by atoms with Gasteiger partial charge in [-0.15, -0.1) is 0 Å². The molecule has 52 valence electrons. The van der Waals surface area contributed by atoms with E-state index in [1.807, 2.05) is 0 Å². The lowest BCUT2D eigenvalue weighted by molar-refractivity contribution is 0.0885. The zero-order valence-electron chi connectivity index (χ0n) is 5.55. The fourth-order valence-electron chi connectivity index (χ4n) is 1.99. The molecule has 2 nitrogen and oxygen atoms in total. The first-order chi connectivity index (χ1) is 4.43. The molecule has 2 rings (SSSR count). The number of hydrogen-bond acceptors (Lipinski definition) is 2. The van der Waals surface area contributed by atoms with Crippen LogP contribution in [-0.4, -0.2) is 19.8 Å². The number of rotatable bonds is 1. The van der Waals surface area contributed by atoms with Crippen molar-refractivity contribution in [3.05, 3.63) is 0 Å². The minimum absolute atomic E-state index is 0.812. The molecule has 3 atom stereocenters. The highest BCUT2D eigenvalue weighted by Gasteiger charge is 2.50. The average Bonchev–Trinajstić information content (AvgIpc) is 2.60. The van der Waals surface area contributed by atoms with Gasteiger partial charge in [0.2, 0.25) is 0 Å². The van der Waals surface area contributed by atoms with Crippen molar-refractivity contribution in [2.45, 2.75) is 6.42 Å². The van der Waals surface area contributed by atoms with Crippen LogP contribution in [0.1, 0.15) is 6.42 Å². The van der Waals surface area contributed by atoms with E-state index in [2.05, 4.69) is 0 Å². The largest absolute Gasteiger partial charge is 0.381 e. The zero-order chi connectivity index (χ0) is 6.27. The fourth-order valence-corrected chi connectivity index (χ4v) is 1.99. The normalized spacial score (nSPS) is 48.3. The maximum absolute atomic E-state index is 5.54. The molecule has 0 amide bonds. The minimum atomic E-state index is 0.812. The summed E-state index contributed by atoms with van der Waals surface area (Å²) in [5.74, 6) is 2.58. The summed E-state index contributed by atoms with van der Waals surface area (Å²) in [4.78, 5) is 0. The Hall–Kier alpha value is -0.0800. The van der Waals surface area contributed by atoms with Gasteiger partial charge >= 0.3 is 0 Å². The van der Waals surface area contributed by atoms with Gasteiger partial charge in [0.05, 0.1) is 0 Å². The van der Waals surface area contributed by atoms with Crippen LogP contribution in [0.3, 0.4) is 0 Å². The van der Waals surface area contributed by atoms with E-state index in [-0.39, 0.29) is 0 Å². The summed E-state index contributed by atoms with van der Waals surface area (Å²) in [5.41, 5.74) is 5.54. The summed E-state index contributed by atoms with van der Waals surface area (Å²) in [6, 6.07) is 0. The van der Waals surface area contributed by atoms with E-state index in [4.69, 9.17) is 10.5 Å². The predicted octanol–water partition coefficient (Wildman–Crippen LogP) is 0.228. The molecular weight excluding hydrogens is 114 g/mol. The van der Waals surface area contributed by atoms with Gasteiger partial charge in [-0.1, -0.05) is 0 Å². The van der Waals surface area contributed by atoms with E-state index >= 15 is 0 Å². The van der Waals surface area contributed by atoms with Crippen molar-refractivity contribution >= 4 is 0 Å². The van der Waals surface area contributed by atoms with Gasteiger partial charge in [-0.2, -0.15) is 0 Å². The van der Waals surface area contributed by atoms with Crippen LogP contribution in [0.4, 0.5) is 0 Å². The monoisotopic (exact) mass is 127 g/mol. The van der Waals surface area contributed by atoms with E-state index in [9.17, 15) is 0 Å². The lowest BCUT2D eigenvalue weighted by atomic mass is 10.2. The van der Waals surface area contributed by atoms with Crippen molar-refractivity contribution in [1.82, 2.24) is 0 Å². The van der Waals surface area contributed by atoms with Crippen molar-refractivity contribution in [3.8, 4) is 0 Å². The third-order valence-electron chi connectivity index (χ3n) is 2.69. The van der Waals surface area contributed by atoms with E-state index in [0.717, 1.165) is 37.5 Å². The molecule has 2 N–H and O–H groups in total. The van der Waals surface area contributed by atoms with E-state index in [1.165, 1.54) is 6.42 Å².